The van der Waals surface area contributed by atoms with Gasteiger partial charge in [0.1, 0.15) is 18.8 Å². The van der Waals surface area contributed by atoms with E-state index in [-0.39, 0.29) is 43.6 Å². The molecule has 4 saturated carbocycles. The van der Waals surface area contributed by atoms with Gasteiger partial charge in [-0.25, -0.2) is 0 Å². The van der Waals surface area contributed by atoms with Crippen molar-refractivity contribution in [2.75, 3.05) is 13.2 Å². The van der Waals surface area contributed by atoms with Gasteiger partial charge in [0.2, 0.25) is 0 Å². The summed E-state index contributed by atoms with van der Waals surface area (Å²) in [6.07, 6.45) is 7.66. The van der Waals surface area contributed by atoms with E-state index in [9.17, 15) is 14.4 Å². The third-order valence-corrected chi connectivity index (χ3v) is 7.93. The zero-order valence-electron chi connectivity index (χ0n) is 19.0. The predicted octanol–water partition coefficient (Wildman–Crippen LogP) is 4.44. The van der Waals surface area contributed by atoms with E-state index in [1.165, 1.54) is 32.1 Å². The second kappa shape index (κ2) is 9.27. The molecule has 0 radical (unpaired) electrons. The highest BCUT2D eigenvalue weighted by atomic mass is 16.6. The minimum absolute atomic E-state index is 0.00520. The Morgan fingerprint density at radius 3 is 1.90 bits per heavy atom. The Labute approximate surface area is 180 Å². The van der Waals surface area contributed by atoms with Gasteiger partial charge in [0.25, 0.3) is 0 Å². The lowest BCUT2D eigenvalue weighted by atomic mass is 9.49. The molecule has 0 unspecified atom stereocenters. The predicted molar refractivity (Wildman–Crippen MR) is 111 cm³/mol. The minimum Gasteiger partial charge on any atom is -0.462 e. The Bertz CT molecular complexity index is 624. The number of carbonyl (C=O) groups excluding carboxylic acids is 3. The van der Waals surface area contributed by atoms with Crippen LogP contribution in [-0.4, -0.2) is 36.7 Å². The van der Waals surface area contributed by atoms with Gasteiger partial charge in [-0.15, -0.1) is 0 Å². The Kier molecular flexibility index (Phi) is 7.13. The molecule has 0 amide bonds. The van der Waals surface area contributed by atoms with Gasteiger partial charge in [-0.2, -0.15) is 0 Å². The molecular formula is C24H38O6. The van der Waals surface area contributed by atoms with E-state index < -0.39 is 11.4 Å². The SMILES string of the molecule is CCC(C)(C)C(=O)OCCOC(=O)CCC(=O)OC1(CC)C2CC3CC(C2)CC1C3. The first kappa shape index (κ1) is 23.1. The molecule has 6 nitrogen and oxygen atoms in total. The van der Waals surface area contributed by atoms with E-state index >= 15 is 0 Å². The summed E-state index contributed by atoms with van der Waals surface area (Å²) < 4.78 is 16.4. The Hall–Kier alpha value is -1.59. The maximum Gasteiger partial charge on any atom is 0.311 e. The van der Waals surface area contributed by atoms with Crippen LogP contribution in [0.5, 0.6) is 0 Å². The fourth-order valence-corrected chi connectivity index (χ4v) is 5.97. The summed E-state index contributed by atoms with van der Waals surface area (Å²) in [5.41, 5.74) is -0.865. The van der Waals surface area contributed by atoms with Crippen LogP contribution < -0.4 is 0 Å². The van der Waals surface area contributed by atoms with Crippen molar-refractivity contribution in [2.45, 2.75) is 91.1 Å². The zero-order valence-corrected chi connectivity index (χ0v) is 19.0. The van der Waals surface area contributed by atoms with Gasteiger partial charge in [0.05, 0.1) is 18.3 Å². The highest BCUT2D eigenvalue weighted by molar-refractivity contribution is 5.78. The normalized spacial score (nSPS) is 32.0. The van der Waals surface area contributed by atoms with E-state index in [2.05, 4.69) is 6.92 Å². The molecule has 4 rings (SSSR count). The number of hydrogen-bond acceptors (Lipinski definition) is 6. The molecule has 0 N–H and O–H groups in total. The van der Waals surface area contributed by atoms with Crippen molar-refractivity contribution in [3.8, 4) is 0 Å². The van der Waals surface area contributed by atoms with Crippen molar-refractivity contribution >= 4 is 17.9 Å². The van der Waals surface area contributed by atoms with Crippen molar-refractivity contribution in [2.24, 2.45) is 29.1 Å². The second-order valence-electron chi connectivity index (χ2n) is 10.2. The molecule has 4 bridgehead atoms. The highest BCUT2D eigenvalue weighted by Crippen LogP contribution is 2.60. The van der Waals surface area contributed by atoms with E-state index in [1.807, 2.05) is 20.8 Å². The average Bonchev–Trinajstić information content (AvgIpc) is 2.71. The molecule has 30 heavy (non-hydrogen) atoms. The van der Waals surface area contributed by atoms with Gasteiger partial charge >= 0.3 is 17.9 Å². The molecule has 0 spiro atoms. The summed E-state index contributed by atoms with van der Waals surface area (Å²) >= 11 is 0. The van der Waals surface area contributed by atoms with Crippen LogP contribution in [0.4, 0.5) is 0 Å². The van der Waals surface area contributed by atoms with Crippen LogP contribution in [-0.2, 0) is 28.6 Å². The molecule has 0 saturated heterocycles. The van der Waals surface area contributed by atoms with Crippen molar-refractivity contribution in [1.82, 2.24) is 0 Å². The van der Waals surface area contributed by atoms with Gasteiger partial charge in [-0.05, 0) is 82.5 Å². The maximum absolute atomic E-state index is 12.6. The average molecular weight is 423 g/mol. The summed E-state index contributed by atoms with van der Waals surface area (Å²) in [4.78, 5) is 36.4. The van der Waals surface area contributed by atoms with Crippen molar-refractivity contribution in [3.63, 3.8) is 0 Å². The number of ether oxygens (including phenoxy) is 3. The van der Waals surface area contributed by atoms with E-state index in [0.717, 1.165) is 18.3 Å². The van der Waals surface area contributed by atoms with Crippen LogP contribution in [0, 0.1) is 29.1 Å². The van der Waals surface area contributed by atoms with Gasteiger partial charge < -0.3 is 14.2 Å². The van der Waals surface area contributed by atoms with Crippen LogP contribution in [0.3, 0.4) is 0 Å². The van der Waals surface area contributed by atoms with Crippen LogP contribution in [0.1, 0.15) is 85.5 Å². The molecule has 0 heterocycles. The second-order valence-corrected chi connectivity index (χ2v) is 10.2. The minimum atomic E-state index is -0.541. The van der Waals surface area contributed by atoms with Crippen LogP contribution >= 0.6 is 0 Å². The molecule has 0 aromatic carbocycles. The molecule has 170 valence electrons. The first-order valence-corrected chi connectivity index (χ1v) is 11.7. The van der Waals surface area contributed by atoms with E-state index in [0.29, 0.717) is 18.3 Å². The molecule has 4 fully saturated rings. The van der Waals surface area contributed by atoms with Gasteiger partial charge in [-0.1, -0.05) is 13.8 Å². The molecule has 4 aliphatic rings. The van der Waals surface area contributed by atoms with Gasteiger partial charge in [-0.3, -0.25) is 14.4 Å². The summed E-state index contributed by atoms with van der Waals surface area (Å²) in [7, 11) is 0. The van der Waals surface area contributed by atoms with Crippen LogP contribution in [0.15, 0.2) is 0 Å². The fraction of sp³-hybridized carbons (Fsp3) is 0.875. The maximum atomic E-state index is 12.6. The van der Waals surface area contributed by atoms with Crippen molar-refractivity contribution in [3.05, 3.63) is 0 Å². The summed E-state index contributed by atoms with van der Waals surface area (Å²) in [5.74, 6) is 1.54. The Morgan fingerprint density at radius 2 is 1.37 bits per heavy atom. The molecule has 4 aliphatic carbocycles. The summed E-state index contributed by atoms with van der Waals surface area (Å²) in [5, 5.41) is 0. The quantitative estimate of drug-likeness (QED) is 0.294. The lowest BCUT2D eigenvalue weighted by Crippen LogP contribution is -2.59. The number of carbonyl (C=O) groups is 3. The van der Waals surface area contributed by atoms with Crippen LogP contribution in [0.25, 0.3) is 0 Å². The third kappa shape index (κ3) is 4.83. The number of rotatable bonds is 10. The lowest BCUT2D eigenvalue weighted by Gasteiger charge is -2.60. The summed E-state index contributed by atoms with van der Waals surface area (Å²) in [6.45, 7) is 7.73. The topological polar surface area (TPSA) is 78.9 Å². The largest absolute Gasteiger partial charge is 0.462 e. The standard InChI is InChI=1S/C24H38O6/c1-5-23(3,4)22(27)29-10-9-28-20(25)7-8-21(26)30-24(6-2)18-12-16-11-17(14-18)15-19(24)13-16/h16-19H,5-15H2,1-4H3. The molecule has 0 aromatic heterocycles. The van der Waals surface area contributed by atoms with Gasteiger partial charge in [0.15, 0.2) is 0 Å². The molecule has 0 aliphatic heterocycles. The van der Waals surface area contributed by atoms with E-state index in [1.54, 1.807) is 0 Å². The first-order chi connectivity index (χ1) is 14.2. The number of hydrogen-bond donors (Lipinski definition) is 0. The van der Waals surface area contributed by atoms with Crippen LogP contribution in [0.2, 0.25) is 0 Å². The molecule has 0 atom stereocenters. The van der Waals surface area contributed by atoms with Crippen molar-refractivity contribution in [1.29, 1.82) is 0 Å². The Balaban J connectivity index is 1.38. The zero-order chi connectivity index (χ0) is 21.9. The lowest BCUT2D eigenvalue weighted by molar-refractivity contribution is -0.211. The number of esters is 3. The highest BCUT2D eigenvalue weighted by Gasteiger charge is 2.58. The molecule has 6 heteroatoms. The molecule has 0 aromatic rings. The molecular weight excluding hydrogens is 384 g/mol. The van der Waals surface area contributed by atoms with E-state index in [4.69, 9.17) is 14.2 Å². The van der Waals surface area contributed by atoms with Crippen molar-refractivity contribution < 1.29 is 28.6 Å². The Morgan fingerprint density at radius 1 is 0.833 bits per heavy atom. The fourth-order valence-electron chi connectivity index (χ4n) is 5.97. The van der Waals surface area contributed by atoms with Gasteiger partial charge in [0, 0.05) is 0 Å². The monoisotopic (exact) mass is 422 g/mol. The third-order valence-electron chi connectivity index (χ3n) is 7.93. The smallest absolute Gasteiger partial charge is 0.311 e. The first-order valence-electron chi connectivity index (χ1n) is 11.7. The summed E-state index contributed by atoms with van der Waals surface area (Å²) in [6, 6.07) is 0.